The van der Waals surface area contributed by atoms with Gasteiger partial charge in [-0.2, -0.15) is 0 Å². The fourth-order valence-corrected chi connectivity index (χ4v) is 3.44. The Hall–Kier alpha value is -1.26. The molecule has 3 rings (SSSR count). The molecule has 2 aliphatic heterocycles. The Balaban J connectivity index is 1.53. The molecular formula is C17H25NO3. The summed E-state index contributed by atoms with van der Waals surface area (Å²) >= 11 is 0. The van der Waals surface area contributed by atoms with Crippen LogP contribution < -0.4 is 9.47 Å². The minimum atomic E-state index is 0.326. The molecule has 1 saturated heterocycles. The number of hydrogen-bond donors (Lipinski definition) is 1. The van der Waals surface area contributed by atoms with Crippen LogP contribution in [0.15, 0.2) is 18.2 Å². The number of aliphatic hydroxyl groups excluding tert-OH is 1. The number of piperidine rings is 1. The normalized spacial score (nSPS) is 23.2. The van der Waals surface area contributed by atoms with Crippen LogP contribution in [0.4, 0.5) is 0 Å². The van der Waals surface area contributed by atoms with Crippen molar-refractivity contribution in [2.45, 2.75) is 26.2 Å². The molecule has 0 aliphatic carbocycles. The van der Waals surface area contributed by atoms with Crippen LogP contribution in [0.1, 0.15) is 25.3 Å². The number of hydrogen-bond acceptors (Lipinski definition) is 4. The van der Waals surface area contributed by atoms with E-state index in [1.54, 1.807) is 0 Å². The Labute approximate surface area is 126 Å². The molecule has 1 N–H and O–H groups in total. The Morgan fingerprint density at radius 1 is 1.33 bits per heavy atom. The minimum Gasteiger partial charge on any atom is -0.454 e. The van der Waals surface area contributed by atoms with E-state index in [1.807, 2.05) is 6.07 Å². The predicted octanol–water partition coefficient (Wildman–Crippen LogP) is 2.30. The zero-order valence-corrected chi connectivity index (χ0v) is 12.8. The van der Waals surface area contributed by atoms with Crippen LogP contribution in [-0.4, -0.2) is 43.0 Å². The van der Waals surface area contributed by atoms with Crippen molar-refractivity contribution in [3.05, 3.63) is 23.8 Å². The lowest BCUT2D eigenvalue weighted by Gasteiger charge is -2.33. The Morgan fingerprint density at radius 2 is 2.19 bits per heavy atom. The van der Waals surface area contributed by atoms with Crippen LogP contribution >= 0.6 is 0 Å². The van der Waals surface area contributed by atoms with E-state index in [-0.39, 0.29) is 0 Å². The molecule has 0 spiro atoms. The average molecular weight is 291 g/mol. The Bertz CT molecular complexity index is 477. The van der Waals surface area contributed by atoms with Gasteiger partial charge in [-0.3, -0.25) is 0 Å². The number of nitrogens with zero attached hydrogens (tertiary/aromatic N) is 1. The molecule has 2 unspecified atom stereocenters. The van der Waals surface area contributed by atoms with Gasteiger partial charge in [-0.1, -0.05) is 13.0 Å². The number of benzene rings is 1. The lowest BCUT2D eigenvalue weighted by atomic mass is 9.96. The van der Waals surface area contributed by atoms with Gasteiger partial charge in [-0.25, -0.2) is 0 Å². The zero-order valence-electron chi connectivity index (χ0n) is 12.8. The van der Waals surface area contributed by atoms with Gasteiger partial charge in [0.05, 0.1) is 0 Å². The third-order valence-corrected chi connectivity index (χ3v) is 4.45. The molecule has 0 bridgehead atoms. The quantitative estimate of drug-likeness (QED) is 0.904. The summed E-state index contributed by atoms with van der Waals surface area (Å²) in [7, 11) is 0. The van der Waals surface area contributed by atoms with E-state index in [9.17, 15) is 5.11 Å². The van der Waals surface area contributed by atoms with E-state index in [1.165, 1.54) is 24.9 Å². The van der Waals surface area contributed by atoms with E-state index in [4.69, 9.17) is 9.47 Å². The molecule has 1 aromatic carbocycles. The van der Waals surface area contributed by atoms with E-state index in [0.29, 0.717) is 25.2 Å². The van der Waals surface area contributed by atoms with Crippen LogP contribution in [0.3, 0.4) is 0 Å². The molecule has 4 heteroatoms. The Kier molecular flexibility index (Phi) is 4.66. The zero-order chi connectivity index (χ0) is 14.7. The Morgan fingerprint density at radius 3 is 3.05 bits per heavy atom. The van der Waals surface area contributed by atoms with Crippen molar-refractivity contribution in [2.24, 2.45) is 11.8 Å². The van der Waals surface area contributed by atoms with Crippen molar-refractivity contribution >= 4 is 0 Å². The first-order valence-electron chi connectivity index (χ1n) is 7.96. The summed E-state index contributed by atoms with van der Waals surface area (Å²) in [5.41, 5.74) is 1.31. The van der Waals surface area contributed by atoms with Crippen LogP contribution in [-0.2, 0) is 6.42 Å². The third-order valence-electron chi connectivity index (χ3n) is 4.45. The van der Waals surface area contributed by atoms with Gasteiger partial charge < -0.3 is 19.5 Å². The summed E-state index contributed by atoms with van der Waals surface area (Å²) in [5.74, 6) is 2.80. The molecule has 2 heterocycles. The van der Waals surface area contributed by atoms with Crippen LogP contribution in [0.2, 0.25) is 0 Å². The summed E-state index contributed by atoms with van der Waals surface area (Å²) in [5, 5.41) is 9.32. The highest BCUT2D eigenvalue weighted by atomic mass is 16.7. The lowest BCUT2D eigenvalue weighted by Crippen LogP contribution is -2.39. The maximum atomic E-state index is 9.32. The van der Waals surface area contributed by atoms with Crippen molar-refractivity contribution in [1.82, 2.24) is 4.90 Å². The summed E-state index contributed by atoms with van der Waals surface area (Å²) < 4.78 is 10.8. The molecule has 116 valence electrons. The van der Waals surface area contributed by atoms with Crippen LogP contribution in [0.5, 0.6) is 11.5 Å². The first kappa shape index (κ1) is 14.7. The van der Waals surface area contributed by atoms with Crippen molar-refractivity contribution in [3.63, 3.8) is 0 Å². The second-order valence-electron chi connectivity index (χ2n) is 6.45. The summed E-state index contributed by atoms with van der Waals surface area (Å²) in [6, 6.07) is 6.25. The fourth-order valence-electron chi connectivity index (χ4n) is 3.44. The third kappa shape index (κ3) is 3.69. The highest BCUT2D eigenvalue weighted by molar-refractivity contribution is 5.44. The van der Waals surface area contributed by atoms with Gasteiger partial charge in [0, 0.05) is 19.7 Å². The first-order chi connectivity index (χ1) is 10.2. The number of aliphatic hydroxyl groups is 1. The molecule has 0 amide bonds. The van der Waals surface area contributed by atoms with Crippen LogP contribution in [0, 0.1) is 11.8 Å². The van der Waals surface area contributed by atoms with Crippen LogP contribution in [0.25, 0.3) is 0 Å². The molecule has 21 heavy (non-hydrogen) atoms. The number of likely N-dealkylation sites (tertiary alicyclic amines) is 1. The maximum absolute atomic E-state index is 9.32. The van der Waals surface area contributed by atoms with Gasteiger partial charge >= 0.3 is 0 Å². The van der Waals surface area contributed by atoms with Crippen molar-refractivity contribution in [1.29, 1.82) is 0 Å². The summed E-state index contributed by atoms with van der Waals surface area (Å²) in [4.78, 5) is 2.50. The predicted molar refractivity (Wildman–Crippen MR) is 81.7 cm³/mol. The van der Waals surface area contributed by atoms with Crippen molar-refractivity contribution < 1.29 is 14.6 Å². The monoisotopic (exact) mass is 291 g/mol. The molecule has 1 aromatic rings. The van der Waals surface area contributed by atoms with Crippen molar-refractivity contribution in [2.75, 3.05) is 33.0 Å². The standard InChI is InChI=1S/C17H25NO3/c1-13(9-18-6-2-3-15(10-18)11-19)7-14-4-5-16-17(8-14)21-12-20-16/h4-5,8,13,15,19H,2-3,6-7,9-12H2,1H3. The highest BCUT2D eigenvalue weighted by Gasteiger charge is 2.21. The molecule has 0 aromatic heterocycles. The second kappa shape index (κ2) is 6.67. The molecule has 2 aliphatic rings. The molecule has 0 saturated carbocycles. The fraction of sp³-hybridized carbons (Fsp3) is 0.647. The molecule has 4 nitrogen and oxygen atoms in total. The van der Waals surface area contributed by atoms with E-state index >= 15 is 0 Å². The molecular weight excluding hydrogens is 266 g/mol. The summed E-state index contributed by atoms with van der Waals surface area (Å²) in [6.45, 7) is 6.28. The summed E-state index contributed by atoms with van der Waals surface area (Å²) in [6.07, 6.45) is 3.43. The molecule has 2 atom stereocenters. The number of ether oxygens (including phenoxy) is 2. The van der Waals surface area contributed by atoms with E-state index in [2.05, 4.69) is 24.0 Å². The first-order valence-corrected chi connectivity index (χ1v) is 7.96. The topological polar surface area (TPSA) is 41.9 Å². The van der Waals surface area contributed by atoms with E-state index in [0.717, 1.165) is 31.0 Å². The van der Waals surface area contributed by atoms with Gasteiger partial charge in [0.1, 0.15) is 0 Å². The highest BCUT2D eigenvalue weighted by Crippen LogP contribution is 2.33. The lowest BCUT2D eigenvalue weighted by molar-refractivity contribution is 0.110. The molecule has 0 radical (unpaired) electrons. The van der Waals surface area contributed by atoms with Gasteiger partial charge in [-0.15, -0.1) is 0 Å². The van der Waals surface area contributed by atoms with Gasteiger partial charge in [0.15, 0.2) is 11.5 Å². The smallest absolute Gasteiger partial charge is 0.231 e. The number of fused-ring (bicyclic) bond motifs is 1. The van der Waals surface area contributed by atoms with Gasteiger partial charge in [0.25, 0.3) is 0 Å². The second-order valence-corrected chi connectivity index (χ2v) is 6.45. The average Bonchev–Trinajstić information content (AvgIpc) is 2.95. The minimum absolute atomic E-state index is 0.326. The SMILES string of the molecule is CC(Cc1ccc2c(c1)OCO2)CN1CCCC(CO)C1. The maximum Gasteiger partial charge on any atom is 0.231 e. The van der Waals surface area contributed by atoms with Crippen molar-refractivity contribution in [3.8, 4) is 11.5 Å². The largest absolute Gasteiger partial charge is 0.454 e. The van der Waals surface area contributed by atoms with E-state index < -0.39 is 0 Å². The van der Waals surface area contributed by atoms with Gasteiger partial charge in [0.2, 0.25) is 6.79 Å². The van der Waals surface area contributed by atoms with Gasteiger partial charge in [-0.05, 0) is 55.3 Å². The molecule has 1 fully saturated rings. The number of rotatable bonds is 5.